The normalized spacial score (nSPS) is 15.3. The van der Waals surface area contributed by atoms with Crippen molar-refractivity contribution in [2.75, 3.05) is 13.1 Å². The predicted molar refractivity (Wildman–Crippen MR) is 97.7 cm³/mol. The van der Waals surface area contributed by atoms with E-state index in [1.54, 1.807) is 6.07 Å². The van der Waals surface area contributed by atoms with Gasteiger partial charge in [-0.3, -0.25) is 19.3 Å². The smallest absolute Gasteiger partial charge is 0.293 e. The quantitative estimate of drug-likeness (QED) is 0.452. The Balaban J connectivity index is 1.62. The number of carbonyl (C=O) groups is 3. The van der Waals surface area contributed by atoms with Crippen LogP contribution in [0, 0.1) is 23.3 Å². The number of nitrogens with one attached hydrogen (secondary N) is 1. The van der Waals surface area contributed by atoms with Gasteiger partial charge in [-0.15, -0.1) is 0 Å². The molecule has 1 aliphatic heterocycles. The zero-order chi connectivity index (χ0) is 21.1. The van der Waals surface area contributed by atoms with E-state index in [-0.39, 0.29) is 23.6 Å². The van der Waals surface area contributed by atoms with Gasteiger partial charge in [0.1, 0.15) is 5.82 Å². The molecule has 0 aliphatic carbocycles. The molecule has 0 atom stereocenters. The van der Waals surface area contributed by atoms with Gasteiger partial charge in [-0.1, -0.05) is 18.2 Å². The summed E-state index contributed by atoms with van der Waals surface area (Å²) in [5.74, 6) is -6.84. The van der Waals surface area contributed by atoms with Crippen molar-refractivity contribution in [2.24, 2.45) is 0 Å². The average Bonchev–Trinajstić information content (AvgIpc) is 2.94. The third-order valence-corrected chi connectivity index (χ3v) is 4.84. The Labute approximate surface area is 166 Å². The number of benzene rings is 2. The highest BCUT2D eigenvalue weighted by molar-refractivity contribution is 8.18. The first-order valence-electron chi connectivity index (χ1n) is 8.20. The molecule has 3 amide bonds. The SMILES string of the molecule is O=C(NCCN1C(=O)SC(=Cc2ccccc2F)C1=O)c1cc(F)c(F)c(F)c1. The van der Waals surface area contributed by atoms with Crippen molar-refractivity contribution < 1.29 is 31.9 Å². The highest BCUT2D eigenvalue weighted by Crippen LogP contribution is 2.32. The second-order valence-corrected chi connectivity index (χ2v) is 6.86. The first kappa shape index (κ1) is 20.6. The lowest BCUT2D eigenvalue weighted by Crippen LogP contribution is -2.37. The van der Waals surface area contributed by atoms with E-state index in [2.05, 4.69) is 5.32 Å². The molecule has 1 N–H and O–H groups in total. The Bertz CT molecular complexity index is 1020. The second kappa shape index (κ2) is 8.48. The Kier molecular flexibility index (Phi) is 6.02. The van der Waals surface area contributed by atoms with Crippen molar-refractivity contribution in [1.82, 2.24) is 10.2 Å². The first-order chi connectivity index (χ1) is 13.8. The molecular formula is C19H12F4N2O3S. The molecule has 10 heteroatoms. The van der Waals surface area contributed by atoms with Crippen LogP contribution in [-0.4, -0.2) is 35.0 Å². The van der Waals surface area contributed by atoms with Crippen molar-refractivity contribution in [3.05, 3.63) is 75.7 Å². The summed E-state index contributed by atoms with van der Waals surface area (Å²) in [5, 5.41) is 1.68. The van der Waals surface area contributed by atoms with Crippen LogP contribution in [0.25, 0.3) is 6.08 Å². The lowest BCUT2D eigenvalue weighted by molar-refractivity contribution is -0.122. The van der Waals surface area contributed by atoms with Crippen molar-refractivity contribution in [1.29, 1.82) is 0 Å². The highest BCUT2D eigenvalue weighted by Gasteiger charge is 2.34. The highest BCUT2D eigenvalue weighted by atomic mass is 32.2. The maximum atomic E-state index is 13.7. The summed E-state index contributed by atoms with van der Waals surface area (Å²) in [5.41, 5.74) is -0.304. The molecule has 0 unspecified atom stereocenters. The van der Waals surface area contributed by atoms with Crippen LogP contribution in [0.4, 0.5) is 22.4 Å². The van der Waals surface area contributed by atoms with Gasteiger partial charge in [0.2, 0.25) is 0 Å². The first-order valence-corrected chi connectivity index (χ1v) is 9.02. The van der Waals surface area contributed by atoms with Gasteiger partial charge >= 0.3 is 0 Å². The van der Waals surface area contributed by atoms with Gasteiger partial charge in [0.15, 0.2) is 17.5 Å². The van der Waals surface area contributed by atoms with Gasteiger partial charge in [0, 0.05) is 24.2 Å². The van der Waals surface area contributed by atoms with Gasteiger partial charge in [-0.25, -0.2) is 17.6 Å². The van der Waals surface area contributed by atoms with Crippen LogP contribution >= 0.6 is 11.8 Å². The summed E-state index contributed by atoms with van der Waals surface area (Å²) < 4.78 is 53.0. The van der Waals surface area contributed by atoms with Crippen molar-refractivity contribution in [3.63, 3.8) is 0 Å². The number of nitrogens with zero attached hydrogens (tertiary/aromatic N) is 1. The third-order valence-electron chi connectivity index (χ3n) is 3.93. The molecular weight excluding hydrogens is 412 g/mol. The minimum atomic E-state index is -1.69. The fourth-order valence-electron chi connectivity index (χ4n) is 2.50. The zero-order valence-corrected chi connectivity index (χ0v) is 15.4. The lowest BCUT2D eigenvalue weighted by atomic mass is 10.2. The predicted octanol–water partition coefficient (Wildman–Crippen LogP) is 3.71. The van der Waals surface area contributed by atoms with Crippen LogP contribution in [-0.2, 0) is 4.79 Å². The van der Waals surface area contributed by atoms with Crippen LogP contribution in [0.3, 0.4) is 0 Å². The number of thioether (sulfide) groups is 1. The van der Waals surface area contributed by atoms with E-state index in [4.69, 9.17) is 0 Å². The number of rotatable bonds is 5. The van der Waals surface area contributed by atoms with Crippen molar-refractivity contribution in [3.8, 4) is 0 Å². The monoisotopic (exact) mass is 424 g/mol. The largest absolute Gasteiger partial charge is 0.350 e. The number of carbonyl (C=O) groups excluding carboxylic acids is 3. The van der Waals surface area contributed by atoms with Crippen LogP contribution in [0.5, 0.6) is 0 Å². The summed E-state index contributed by atoms with van der Waals surface area (Å²) in [7, 11) is 0. The summed E-state index contributed by atoms with van der Waals surface area (Å²) in [6, 6.07) is 6.79. The van der Waals surface area contributed by atoms with Gasteiger partial charge in [-0.2, -0.15) is 0 Å². The molecule has 150 valence electrons. The van der Waals surface area contributed by atoms with E-state index in [1.165, 1.54) is 24.3 Å². The molecule has 1 saturated heterocycles. The summed E-state index contributed by atoms with van der Waals surface area (Å²) >= 11 is 0.624. The fourth-order valence-corrected chi connectivity index (χ4v) is 3.35. The lowest BCUT2D eigenvalue weighted by Gasteiger charge is -2.13. The molecule has 0 radical (unpaired) electrons. The molecule has 1 heterocycles. The average molecular weight is 424 g/mol. The van der Waals surface area contributed by atoms with Gasteiger partial charge in [-0.05, 0) is 36.0 Å². The van der Waals surface area contributed by atoms with E-state index in [9.17, 15) is 31.9 Å². The van der Waals surface area contributed by atoms with E-state index in [0.29, 0.717) is 23.9 Å². The molecule has 2 aromatic rings. The van der Waals surface area contributed by atoms with Gasteiger partial charge in [0.05, 0.1) is 4.91 Å². The Morgan fingerprint density at radius 3 is 2.34 bits per heavy atom. The number of halogens is 4. The van der Waals surface area contributed by atoms with Crippen LogP contribution in [0.2, 0.25) is 0 Å². The molecule has 0 aromatic heterocycles. The Morgan fingerprint density at radius 1 is 1.03 bits per heavy atom. The molecule has 5 nitrogen and oxygen atoms in total. The second-order valence-electron chi connectivity index (χ2n) is 5.86. The minimum Gasteiger partial charge on any atom is -0.350 e. The van der Waals surface area contributed by atoms with Crippen LogP contribution in [0.15, 0.2) is 41.3 Å². The molecule has 3 rings (SSSR count). The van der Waals surface area contributed by atoms with Gasteiger partial charge in [0.25, 0.3) is 17.1 Å². The summed E-state index contributed by atoms with van der Waals surface area (Å²) in [4.78, 5) is 37.2. The van der Waals surface area contributed by atoms with E-state index in [0.717, 1.165) is 4.90 Å². The van der Waals surface area contributed by atoms with Crippen LogP contribution < -0.4 is 5.32 Å². The molecule has 29 heavy (non-hydrogen) atoms. The molecule has 0 bridgehead atoms. The molecule has 0 spiro atoms. The number of imide groups is 1. The third kappa shape index (κ3) is 4.48. The van der Waals surface area contributed by atoms with Crippen molar-refractivity contribution in [2.45, 2.75) is 0 Å². The maximum absolute atomic E-state index is 13.7. The van der Waals surface area contributed by atoms with E-state index < -0.39 is 45.9 Å². The fraction of sp³-hybridized carbons (Fsp3) is 0.105. The maximum Gasteiger partial charge on any atom is 0.293 e. The molecule has 2 aromatic carbocycles. The van der Waals surface area contributed by atoms with Crippen molar-refractivity contribution >= 4 is 34.9 Å². The Morgan fingerprint density at radius 2 is 1.69 bits per heavy atom. The van der Waals surface area contributed by atoms with E-state index >= 15 is 0 Å². The minimum absolute atomic E-state index is 0.0223. The Hall–Kier alpha value is -3.14. The summed E-state index contributed by atoms with van der Waals surface area (Å²) in [6.07, 6.45) is 1.25. The van der Waals surface area contributed by atoms with E-state index in [1.807, 2.05) is 0 Å². The molecule has 1 fully saturated rings. The zero-order valence-electron chi connectivity index (χ0n) is 14.5. The summed E-state index contributed by atoms with van der Waals surface area (Å²) in [6.45, 7) is -0.415. The number of amides is 3. The molecule has 0 saturated carbocycles. The topological polar surface area (TPSA) is 66.5 Å². The molecule has 1 aliphatic rings. The standard InChI is InChI=1S/C19H12F4N2O3S/c20-12-4-2-1-3-10(12)9-15-18(27)25(19(28)29-15)6-5-24-17(26)11-7-13(21)16(23)14(22)8-11/h1-4,7-9H,5-6H2,(H,24,26). The van der Waals surface area contributed by atoms with Gasteiger partial charge < -0.3 is 5.32 Å². The van der Waals surface area contributed by atoms with Crippen LogP contribution in [0.1, 0.15) is 15.9 Å². The number of hydrogen-bond donors (Lipinski definition) is 1. The number of hydrogen-bond acceptors (Lipinski definition) is 4.